The third-order valence-electron chi connectivity index (χ3n) is 4.59. The summed E-state index contributed by atoms with van der Waals surface area (Å²) in [6, 6.07) is 4.23. The first-order valence-electron chi connectivity index (χ1n) is 8.67. The second-order valence-electron chi connectivity index (χ2n) is 6.52. The third-order valence-corrected chi connectivity index (χ3v) is 5.06. The Morgan fingerprint density at radius 3 is 2.76 bits per heavy atom. The van der Waals surface area contributed by atoms with Crippen LogP contribution in [0.15, 0.2) is 24.5 Å². The molecule has 1 N–H and O–H groups in total. The summed E-state index contributed by atoms with van der Waals surface area (Å²) in [5.41, 5.74) is 3.30. The monoisotopic (exact) mass is 361 g/mol. The third kappa shape index (κ3) is 4.38. The smallest absolute Gasteiger partial charge is 0.220 e. The van der Waals surface area contributed by atoms with Crippen LogP contribution in [0.2, 0.25) is 5.15 Å². The van der Waals surface area contributed by atoms with Gasteiger partial charge in [-0.1, -0.05) is 18.5 Å². The van der Waals surface area contributed by atoms with Crippen LogP contribution in [0.1, 0.15) is 36.6 Å². The predicted molar refractivity (Wildman–Crippen MR) is 97.1 cm³/mol. The quantitative estimate of drug-likeness (QED) is 0.822. The number of nitrogens with zero attached hydrogens (tertiary/aromatic N) is 4. The number of amides is 1. The lowest BCUT2D eigenvalue weighted by Crippen LogP contribution is -2.38. The molecule has 1 amide bonds. The minimum atomic E-state index is 0.141. The topological polar surface area (TPSA) is 63.1 Å². The van der Waals surface area contributed by atoms with E-state index in [1.54, 1.807) is 17.1 Å². The van der Waals surface area contributed by atoms with E-state index in [2.05, 4.69) is 27.2 Å². The van der Waals surface area contributed by atoms with E-state index in [0.717, 1.165) is 37.2 Å². The fourth-order valence-electron chi connectivity index (χ4n) is 3.32. The van der Waals surface area contributed by atoms with Gasteiger partial charge in [0, 0.05) is 57.1 Å². The molecule has 0 saturated carbocycles. The summed E-state index contributed by atoms with van der Waals surface area (Å²) in [7, 11) is 1.87. The molecule has 0 aromatic carbocycles. The van der Waals surface area contributed by atoms with Crippen LogP contribution in [0.5, 0.6) is 0 Å². The van der Waals surface area contributed by atoms with Crippen molar-refractivity contribution < 1.29 is 4.79 Å². The normalized spacial score (nSPS) is 17.3. The number of aromatic nitrogens is 3. The van der Waals surface area contributed by atoms with Gasteiger partial charge in [0.1, 0.15) is 5.15 Å². The summed E-state index contributed by atoms with van der Waals surface area (Å²) in [5, 5.41) is 8.26. The number of aryl methyl sites for hydroxylation is 2. The van der Waals surface area contributed by atoms with E-state index < -0.39 is 0 Å². The van der Waals surface area contributed by atoms with Gasteiger partial charge in [-0.2, -0.15) is 5.10 Å². The van der Waals surface area contributed by atoms with E-state index in [1.807, 2.05) is 19.2 Å². The minimum Gasteiger partial charge on any atom is -0.352 e. The maximum atomic E-state index is 11.5. The molecule has 0 bridgehead atoms. The second-order valence-corrected chi connectivity index (χ2v) is 6.88. The lowest BCUT2D eigenvalue weighted by Gasteiger charge is -2.25. The van der Waals surface area contributed by atoms with Gasteiger partial charge < -0.3 is 5.32 Å². The van der Waals surface area contributed by atoms with Crippen molar-refractivity contribution >= 4 is 17.5 Å². The Morgan fingerprint density at radius 2 is 2.12 bits per heavy atom. The lowest BCUT2D eigenvalue weighted by molar-refractivity contribution is -0.119. The molecule has 3 heterocycles. The molecule has 7 heteroatoms. The molecular formula is C18H24ClN5O. The first-order chi connectivity index (χ1) is 12.1. The first-order valence-corrected chi connectivity index (χ1v) is 9.05. The van der Waals surface area contributed by atoms with Crippen molar-refractivity contribution in [3.63, 3.8) is 0 Å². The van der Waals surface area contributed by atoms with Gasteiger partial charge in [0.05, 0.1) is 5.69 Å². The molecule has 2 aromatic rings. The number of rotatable bonds is 7. The molecule has 6 nitrogen and oxygen atoms in total. The Kier molecular flexibility index (Phi) is 5.71. The van der Waals surface area contributed by atoms with Crippen molar-refractivity contribution in [3.8, 4) is 0 Å². The zero-order valence-electron chi connectivity index (χ0n) is 14.7. The number of nitrogens with one attached hydrogen (secondary N) is 1. The van der Waals surface area contributed by atoms with Gasteiger partial charge in [0.2, 0.25) is 5.91 Å². The maximum Gasteiger partial charge on any atom is 0.220 e. The average Bonchev–Trinajstić information content (AvgIpc) is 3.13. The molecule has 1 atom stereocenters. The van der Waals surface area contributed by atoms with Gasteiger partial charge >= 0.3 is 0 Å². The average molecular weight is 362 g/mol. The Bertz CT molecular complexity index is 731. The number of halogens is 1. The van der Waals surface area contributed by atoms with Crippen LogP contribution in [0, 0.1) is 0 Å². The number of hydrogen-bond donors (Lipinski definition) is 1. The zero-order valence-corrected chi connectivity index (χ0v) is 15.5. The highest BCUT2D eigenvalue weighted by Gasteiger charge is 2.25. The SMILES string of the molecule is CCc1nn(C)c(Cl)c1CN(Cc1ccncc1)C[C@@H]1CCC(=O)N1. The summed E-state index contributed by atoms with van der Waals surface area (Å²) >= 11 is 6.47. The molecule has 1 aliphatic rings. The molecule has 0 spiro atoms. The highest BCUT2D eigenvalue weighted by molar-refractivity contribution is 6.30. The van der Waals surface area contributed by atoms with Crippen molar-refractivity contribution in [2.75, 3.05) is 6.54 Å². The molecule has 2 aromatic heterocycles. The summed E-state index contributed by atoms with van der Waals surface area (Å²) in [5.74, 6) is 0.141. The summed E-state index contributed by atoms with van der Waals surface area (Å²) in [4.78, 5) is 17.9. The number of carbonyl (C=O) groups excluding carboxylic acids is 1. The van der Waals surface area contributed by atoms with Crippen molar-refractivity contribution in [3.05, 3.63) is 46.5 Å². The molecule has 0 radical (unpaired) electrons. The molecule has 0 unspecified atom stereocenters. The van der Waals surface area contributed by atoms with Gasteiger partial charge in [-0.3, -0.25) is 19.4 Å². The van der Waals surface area contributed by atoms with Crippen LogP contribution in [-0.2, 0) is 31.4 Å². The van der Waals surface area contributed by atoms with Gasteiger partial charge in [0.25, 0.3) is 0 Å². The van der Waals surface area contributed by atoms with E-state index in [0.29, 0.717) is 18.1 Å². The van der Waals surface area contributed by atoms with Crippen molar-refractivity contribution in [1.82, 2.24) is 25.0 Å². The van der Waals surface area contributed by atoms with Crippen LogP contribution in [-0.4, -0.2) is 38.2 Å². The summed E-state index contributed by atoms with van der Waals surface area (Å²) < 4.78 is 1.73. The lowest BCUT2D eigenvalue weighted by atomic mass is 10.1. The number of hydrogen-bond acceptors (Lipinski definition) is 4. The van der Waals surface area contributed by atoms with Gasteiger partial charge in [-0.25, -0.2) is 0 Å². The molecule has 0 aliphatic carbocycles. The summed E-state index contributed by atoms with van der Waals surface area (Å²) in [6.07, 6.45) is 5.95. The Labute approximate surface area is 153 Å². The first kappa shape index (κ1) is 17.9. The van der Waals surface area contributed by atoms with Crippen molar-refractivity contribution in [2.45, 2.75) is 45.3 Å². The molecule has 134 valence electrons. The van der Waals surface area contributed by atoms with Crippen LogP contribution in [0.4, 0.5) is 0 Å². The van der Waals surface area contributed by atoms with Gasteiger partial charge in [-0.05, 0) is 30.5 Å². The highest BCUT2D eigenvalue weighted by atomic mass is 35.5. The molecular weight excluding hydrogens is 338 g/mol. The molecule has 1 aliphatic heterocycles. The van der Waals surface area contributed by atoms with Crippen molar-refractivity contribution in [1.29, 1.82) is 0 Å². The van der Waals surface area contributed by atoms with Crippen LogP contribution in [0.3, 0.4) is 0 Å². The minimum absolute atomic E-state index is 0.141. The number of carbonyl (C=O) groups is 1. The van der Waals surface area contributed by atoms with Crippen LogP contribution < -0.4 is 5.32 Å². The molecule has 3 rings (SSSR count). The van der Waals surface area contributed by atoms with E-state index in [1.165, 1.54) is 5.56 Å². The van der Waals surface area contributed by atoms with E-state index in [-0.39, 0.29) is 11.9 Å². The maximum absolute atomic E-state index is 11.5. The number of pyridine rings is 1. The van der Waals surface area contributed by atoms with Gasteiger partial charge in [0.15, 0.2) is 0 Å². The highest BCUT2D eigenvalue weighted by Crippen LogP contribution is 2.23. The van der Waals surface area contributed by atoms with E-state index >= 15 is 0 Å². The fourth-order valence-corrected chi connectivity index (χ4v) is 3.53. The van der Waals surface area contributed by atoms with E-state index in [4.69, 9.17) is 11.6 Å². The largest absolute Gasteiger partial charge is 0.352 e. The zero-order chi connectivity index (χ0) is 17.8. The molecule has 25 heavy (non-hydrogen) atoms. The fraction of sp³-hybridized carbons (Fsp3) is 0.500. The Morgan fingerprint density at radius 1 is 1.36 bits per heavy atom. The molecule has 1 fully saturated rings. The van der Waals surface area contributed by atoms with Crippen LogP contribution >= 0.6 is 11.6 Å². The Balaban J connectivity index is 1.79. The predicted octanol–water partition coefficient (Wildman–Crippen LogP) is 2.31. The van der Waals surface area contributed by atoms with Crippen LogP contribution in [0.25, 0.3) is 0 Å². The second kappa shape index (κ2) is 7.97. The Hall–Kier alpha value is -1.92. The summed E-state index contributed by atoms with van der Waals surface area (Å²) in [6.45, 7) is 4.38. The van der Waals surface area contributed by atoms with Crippen molar-refractivity contribution in [2.24, 2.45) is 7.05 Å². The van der Waals surface area contributed by atoms with E-state index in [9.17, 15) is 4.79 Å². The standard InChI is InChI=1S/C18H24ClN5O/c1-3-16-15(18(19)23(2)22-16)12-24(10-13-6-8-20-9-7-13)11-14-4-5-17(25)21-14/h6-9,14H,3-5,10-12H2,1-2H3,(H,21,25)/t14-/m0/s1. The van der Waals surface area contributed by atoms with Gasteiger partial charge in [-0.15, -0.1) is 0 Å². The molecule has 1 saturated heterocycles.